The summed E-state index contributed by atoms with van der Waals surface area (Å²) in [5.74, 6) is -0.953. The van der Waals surface area contributed by atoms with Crippen molar-refractivity contribution in [2.24, 2.45) is 0 Å². The van der Waals surface area contributed by atoms with Crippen LogP contribution in [0.4, 0.5) is 10.5 Å². The lowest BCUT2D eigenvalue weighted by molar-refractivity contribution is -0.122. The van der Waals surface area contributed by atoms with Crippen LogP contribution in [-0.2, 0) is 16.2 Å². The van der Waals surface area contributed by atoms with E-state index in [9.17, 15) is 14.4 Å². The molecular weight excluding hydrogens is 442 g/mol. The fraction of sp³-hybridized carbons (Fsp3) is 0.0400. The van der Waals surface area contributed by atoms with E-state index in [0.29, 0.717) is 27.6 Å². The fourth-order valence-corrected chi connectivity index (χ4v) is 3.35. The van der Waals surface area contributed by atoms with Gasteiger partial charge in [-0.25, -0.2) is 9.69 Å². The molecule has 7 nitrogen and oxygen atoms in total. The number of amides is 4. The summed E-state index contributed by atoms with van der Waals surface area (Å²) < 4.78 is 5.74. The molecule has 0 spiro atoms. The van der Waals surface area contributed by atoms with Crippen molar-refractivity contribution in [3.05, 3.63) is 100 Å². The van der Waals surface area contributed by atoms with Gasteiger partial charge in [0.2, 0.25) is 0 Å². The van der Waals surface area contributed by atoms with Crippen molar-refractivity contribution in [1.82, 2.24) is 5.32 Å². The highest BCUT2D eigenvalue weighted by molar-refractivity contribution is 6.39. The van der Waals surface area contributed by atoms with Crippen LogP contribution < -0.4 is 15.0 Å². The second-order valence-corrected chi connectivity index (χ2v) is 7.50. The van der Waals surface area contributed by atoms with Crippen LogP contribution >= 0.6 is 11.6 Å². The van der Waals surface area contributed by atoms with Crippen LogP contribution in [0.5, 0.6) is 5.75 Å². The average molecular weight is 458 g/mol. The van der Waals surface area contributed by atoms with Crippen LogP contribution in [0, 0.1) is 11.3 Å². The Morgan fingerprint density at radius 3 is 2.36 bits per heavy atom. The summed E-state index contributed by atoms with van der Waals surface area (Å²) in [6.45, 7) is 0.225. The highest BCUT2D eigenvalue weighted by atomic mass is 35.5. The Balaban J connectivity index is 1.52. The number of imide groups is 2. The van der Waals surface area contributed by atoms with E-state index in [1.165, 1.54) is 18.2 Å². The molecule has 1 N–H and O–H groups in total. The van der Waals surface area contributed by atoms with Crippen LogP contribution in [0.25, 0.3) is 6.08 Å². The maximum absolute atomic E-state index is 12.9. The summed E-state index contributed by atoms with van der Waals surface area (Å²) in [4.78, 5) is 38.4. The zero-order valence-corrected chi connectivity index (χ0v) is 17.9. The summed E-state index contributed by atoms with van der Waals surface area (Å²) in [6, 6.07) is 21.3. The van der Waals surface area contributed by atoms with Crippen molar-refractivity contribution in [3.8, 4) is 11.8 Å². The lowest BCUT2D eigenvalue weighted by Crippen LogP contribution is -2.54. The van der Waals surface area contributed by atoms with E-state index in [-0.39, 0.29) is 12.2 Å². The van der Waals surface area contributed by atoms with Gasteiger partial charge in [0.1, 0.15) is 17.9 Å². The van der Waals surface area contributed by atoms with Crippen molar-refractivity contribution in [3.63, 3.8) is 0 Å². The fourth-order valence-electron chi connectivity index (χ4n) is 3.23. The quantitative estimate of drug-likeness (QED) is 0.450. The van der Waals surface area contributed by atoms with E-state index in [2.05, 4.69) is 11.4 Å². The van der Waals surface area contributed by atoms with Gasteiger partial charge in [0.25, 0.3) is 11.8 Å². The number of rotatable bonds is 5. The average Bonchev–Trinajstić information content (AvgIpc) is 2.82. The number of benzene rings is 3. The summed E-state index contributed by atoms with van der Waals surface area (Å²) in [7, 11) is 0. The lowest BCUT2D eigenvalue weighted by atomic mass is 10.1. The van der Waals surface area contributed by atoms with Gasteiger partial charge in [-0.3, -0.25) is 14.9 Å². The van der Waals surface area contributed by atoms with Crippen LogP contribution in [0.2, 0.25) is 5.02 Å². The standard InChI is InChI=1S/C25H16ClN3O4/c26-19-7-9-20(10-8-19)29-24(31)22(23(30)28-25(29)32)13-16-5-11-21(12-6-16)33-15-18-4-2-1-3-17(18)14-27/h1-13H,15H2,(H,28,30,32). The number of hydrogen-bond acceptors (Lipinski definition) is 5. The maximum Gasteiger partial charge on any atom is 0.335 e. The topological polar surface area (TPSA) is 99.5 Å². The van der Waals surface area contributed by atoms with Crippen LogP contribution in [0.15, 0.2) is 78.4 Å². The molecule has 1 aliphatic rings. The summed E-state index contributed by atoms with van der Waals surface area (Å²) in [5, 5.41) is 11.8. The number of carbonyl (C=O) groups excluding carboxylic acids is 3. The van der Waals surface area contributed by atoms with Crippen LogP contribution in [0.1, 0.15) is 16.7 Å². The van der Waals surface area contributed by atoms with Gasteiger partial charge in [-0.05, 0) is 54.1 Å². The molecule has 4 rings (SSSR count). The van der Waals surface area contributed by atoms with Gasteiger partial charge in [0.05, 0.1) is 17.3 Å². The van der Waals surface area contributed by atoms with Crippen LogP contribution in [-0.4, -0.2) is 17.8 Å². The first-order chi connectivity index (χ1) is 16.0. The Hall–Kier alpha value is -4.41. The molecule has 1 heterocycles. The molecule has 1 aliphatic heterocycles. The third-order valence-corrected chi connectivity index (χ3v) is 5.16. The minimum atomic E-state index is -0.828. The molecule has 4 amide bonds. The van der Waals surface area contributed by atoms with Crippen molar-refractivity contribution in [2.75, 3.05) is 4.90 Å². The number of carbonyl (C=O) groups is 3. The number of hydrogen-bond donors (Lipinski definition) is 1. The molecule has 1 saturated heterocycles. The molecule has 3 aromatic carbocycles. The second-order valence-electron chi connectivity index (χ2n) is 7.06. The molecule has 3 aromatic rings. The summed E-state index contributed by atoms with van der Waals surface area (Å²) in [5.41, 5.74) is 2.00. The molecule has 0 aromatic heterocycles. The van der Waals surface area contributed by atoms with E-state index < -0.39 is 17.8 Å². The Kier molecular flexibility index (Phi) is 6.20. The van der Waals surface area contributed by atoms with E-state index in [4.69, 9.17) is 21.6 Å². The number of nitriles is 1. The Bertz CT molecular complexity index is 1310. The SMILES string of the molecule is N#Cc1ccccc1COc1ccc(C=C2C(=O)NC(=O)N(c3ccc(Cl)cc3)C2=O)cc1. The first kappa shape index (κ1) is 21.8. The Morgan fingerprint density at radius 2 is 1.67 bits per heavy atom. The van der Waals surface area contributed by atoms with Crippen molar-refractivity contribution >= 4 is 41.2 Å². The predicted molar refractivity (Wildman–Crippen MR) is 122 cm³/mol. The molecule has 8 heteroatoms. The minimum Gasteiger partial charge on any atom is -0.489 e. The highest BCUT2D eigenvalue weighted by Gasteiger charge is 2.36. The van der Waals surface area contributed by atoms with Gasteiger partial charge < -0.3 is 4.74 Å². The molecule has 0 unspecified atom stereocenters. The maximum atomic E-state index is 12.9. The normalized spacial score (nSPS) is 14.7. The first-order valence-corrected chi connectivity index (χ1v) is 10.2. The van der Waals surface area contributed by atoms with E-state index in [0.717, 1.165) is 10.5 Å². The monoisotopic (exact) mass is 457 g/mol. The van der Waals surface area contributed by atoms with E-state index in [1.807, 2.05) is 12.1 Å². The third kappa shape index (κ3) is 4.76. The molecule has 0 bridgehead atoms. The van der Waals surface area contributed by atoms with Gasteiger partial charge in [-0.2, -0.15) is 5.26 Å². The molecule has 162 valence electrons. The van der Waals surface area contributed by atoms with E-state index in [1.54, 1.807) is 48.5 Å². The number of anilines is 1. The first-order valence-electron chi connectivity index (χ1n) is 9.84. The zero-order chi connectivity index (χ0) is 23.4. The molecule has 33 heavy (non-hydrogen) atoms. The molecule has 0 aliphatic carbocycles. The Labute approximate surface area is 194 Å². The minimum absolute atomic E-state index is 0.179. The van der Waals surface area contributed by atoms with Crippen molar-refractivity contribution in [2.45, 2.75) is 6.61 Å². The molecule has 0 radical (unpaired) electrons. The van der Waals surface area contributed by atoms with E-state index >= 15 is 0 Å². The zero-order valence-electron chi connectivity index (χ0n) is 17.1. The molecule has 0 saturated carbocycles. The van der Waals surface area contributed by atoms with Gasteiger partial charge in [-0.1, -0.05) is 41.9 Å². The molecule has 1 fully saturated rings. The number of nitrogens with zero attached hydrogens (tertiary/aromatic N) is 2. The van der Waals surface area contributed by atoms with Crippen molar-refractivity contribution in [1.29, 1.82) is 5.26 Å². The Morgan fingerprint density at radius 1 is 0.970 bits per heavy atom. The number of urea groups is 1. The second kappa shape index (κ2) is 9.39. The predicted octanol–water partition coefficient (Wildman–Crippen LogP) is 4.46. The summed E-state index contributed by atoms with van der Waals surface area (Å²) in [6.07, 6.45) is 1.40. The van der Waals surface area contributed by atoms with Gasteiger partial charge in [0.15, 0.2) is 0 Å². The molecule has 0 atom stereocenters. The lowest BCUT2D eigenvalue weighted by Gasteiger charge is -2.26. The van der Waals surface area contributed by atoms with Gasteiger partial charge >= 0.3 is 6.03 Å². The largest absolute Gasteiger partial charge is 0.489 e. The number of barbiturate groups is 1. The van der Waals surface area contributed by atoms with Crippen molar-refractivity contribution < 1.29 is 19.1 Å². The number of ether oxygens (including phenoxy) is 1. The third-order valence-electron chi connectivity index (χ3n) is 4.91. The van der Waals surface area contributed by atoms with Crippen LogP contribution in [0.3, 0.4) is 0 Å². The summed E-state index contributed by atoms with van der Waals surface area (Å²) >= 11 is 5.87. The van der Waals surface area contributed by atoms with Gasteiger partial charge in [-0.15, -0.1) is 0 Å². The smallest absolute Gasteiger partial charge is 0.335 e. The number of halogens is 1. The highest BCUT2D eigenvalue weighted by Crippen LogP contribution is 2.24. The van der Waals surface area contributed by atoms with Gasteiger partial charge in [0, 0.05) is 10.6 Å². The number of nitrogens with one attached hydrogen (secondary N) is 1. The molecular formula is C25H16ClN3O4.